The second-order valence-electron chi connectivity index (χ2n) is 5.28. The number of halogens is 1. The van der Waals surface area contributed by atoms with Gasteiger partial charge in [0.15, 0.2) is 0 Å². The summed E-state index contributed by atoms with van der Waals surface area (Å²) in [6.07, 6.45) is 1.63. The smallest absolute Gasteiger partial charge is 0.134 e. The molecule has 1 saturated heterocycles. The number of hydrogen-bond donors (Lipinski definition) is 1. The van der Waals surface area contributed by atoms with Gasteiger partial charge in [0.1, 0.15) is 18.0 Å². The number of anilines is 2. The average molecular weight is 335 g/mol. The Morgan fingerprint density at radius 3 is 2.82 bits per heavy atom. The monoisotopic (exact) mass is 334 g/mol. The van der Waals surface area contributed by atoms with Crippen molar-refractivity contribution in [3.8, 4) is 0 Å². The van der Waals surface area contributed by atoms with Gasteiger partial charge in [0, 0.05) is 41.7 Å². The van der Waals surface area contributed by atoms with E-state index in [0.29, 0.717) is 0 Å². The lowest BCUT2D eigenvalue weighted by atomic mass is 10.1. The molecule has 0 aliphatic carbocycles. The van der Waals surface area contributed by atoms with Crippen molar-refractivity contribution in [1.29, 1.82) is 0 Å². The van der Waals surface area contributed by atoms with Crippen molar-refractivity contribution in [2.24, 2.45) is 0 Å². The lowest BCUT2D eigenvalue weighted by Gasteiger charge is -2.27. The third kappa shape index (κ3) is 3.84. The number of hydrogen-bond acceptors (Lipinski definition) is 5. The molecule has 1 fully saturated rings. The van der Waals surface area contributed by atoms with Crippen LogP contribution in [-0.4, -0.2) is 34.6 Å². The van der Waals surface area contributed by atoms with Crippen molar-refractivity contribution in [3.05, 3.63) is 47.2 Å². The Morgan fingerprint density at radius 1 is 1.23 bits per heavy atom. The van der Waals surface area contributed by atoms with Crippen LogP contribution in [0, 0.1) is 0 Å². The van der Waals surface area contributed by atoms with Crippen molar-refractivity contribution in [2.45, 2.75) is 13.0 Å². The van der Waals surface area contributed by atoms with E-state index in [4.69, 9.17) is 11.6 Å². The maximum Gasteiger partial charge on any atom is 0.134 e. The molecule has 6 heteroatoms. The maximum atomic E-state index is 6.06. The Balaban J connectivity index is 1.72. The van der Waals surface area contributed by atoms with E-state index in [1.165, 1.54) is 0 Å². The highest BCUT2D eigenvalue weighted by Gasteiger charge is 2.14. The molecular formula is C16H19ClN4S. The van der Waals surface area contributed by atoms with E-state index >= 15 is 0 Å². The highest BCUT2D eigenvalue weighted by Crippen LogP contribution is 2.23. The fourth-order valence-electron chi connectivity index (χ4n) is 2.47. The molecule has 0 saturated carbocycles. The minimum Gasteiger partial charge on any atom is -0.363 e. The number of nitrogens with one attached hydrogen (secondary N) is 1. The largest absolute Gasteiger partial charge is 0.363 e. The summed E-state index contributed by atoms with van der Waals surface area (Å²) in [5.74, 6) is 4.16. The first-order chi connectivity index (χ1) is 10.7. The molecule has 1 aromatic heterocycles. The molecule has 2 aromatic rings. The van der Waals surface area contributed by atoms with Crippen LogP contribution in [0.3, 0.4) is 0 Å². The molecule has 1 atom stereocenters. The Labute approximate surface area is 140 Å². The quantitative estimate of drug-likeness (QED) is 0.919. The van der Waals surface area contributed by atoms with Crippen LogP contribution in [0.4, 0.5) is 11.6 Å². The minimum absolute atomic E-state index is 0.137. The van der Waals surface area contributed by atoms with Gasteiger partial charge < -0.3 is 10.2 Å². The third-order valence-electron chi connectivity index (χ3n) is 3.70. The van der Waals surface area contributed by atoms with Gasteiger partial charge in [-0.15, -0.1) is 0 Å². The van der Waals surface area contributed by atoms with E-state index in [2.05, 4.69) is 33.2 Å². The Bertz CT molecular complexity index is 631. The summed E-state index contributed by atoms with van der Waals surface area (Å²) in [4.78, 5) is 11.0. The van der Waals surface area contributed by atoms with E-state index in [0.717, 1.165) is 46.8 Å². The van der Waals surface area contributed by atoms with Gasteiger partial charge in [-0.2, -0.15) is 11.8 Å². The molecule has 4 nitrogen and oxygen atoms in total. The number of nitrogens with zero attached hydrogens (tertiary/aromatic N) is 3. The number of benzene rings is 1. The fourth-order valence-corrected chi connectivity index (χ4v) is 3.57. The van der Waals surface area contributed by atoms with Crippen LogP contribution in [0.25, 0.3) is 0 Å². The summed E-state index contributed by atoms with van der Waals surface area (Å²) in [7, 11) is 0. The molecule has 1 aliphatic heterocycles. The second-order valence-corrected chi connectivity index (χ2v) is 6.94. The second kappa shape index (κ2) is 7.20. The van der Waals surface area contributed by atoms with E-state index in [1.54, 1.807) is 6.33 Å². The van der Waals surface area contributed by atoms with Crippen molar-refractivity contribution < 1.29 is 0 Å². The first kappa shape index (κ1) is 15.4. The van der Waals surface area contributed by atoms with Crippen LogP contribution in [0.1, 0.15) is 18.5 Å². The maximum absolute atomic E-state index is 6.06. The molecule has 0 bridgehead atoms. The number of aromatic nitrogens is 2. The molecule has 0 spiro atoms. The van der Waals surface area contributed by atoms with Gasteiger partial charge in [-0.25, -0.2) is 9.97 Å². The van der Waals surface area contributed by atoms with Gasteiger partial charge in [-0.3, -0.25) is 0 Å². The summed E-state index contributed by atoms with van der Waals surface area (Å²) in [5, 5.41) is 4.17. The number of thioether (sulfide) groups is 1. The van der Waals surface area contributed by atoms with E-state index in [9.17, 15) is 0 Å². The molecule has 22 heavy (non-hydrogen) atoms. The predicted octanol–water partition coefficient (Wildman–Crippen LogP) is 3.86. The first-order valence-electron chi connectivity index (χ1n) is 7.39. The van der Waals surface area contributed by atoms with Crippen LogP contribution in [-0.2, 0) is 0 Å². The van der Waals surface area contributed by atoms with E-state index in [1.807, 2.05) is 36.0 Å². The Hall–Kier alpha value is -1.46. The SMILES string of the molecule is C[C@@H](Nc1cc(N2CCSCC2)ncn1)c1cccc(Cl)c1. The Kier molecular flexibility index (Phi) is 5.05. The van der Waals surface area contributed by atoms with E-state index in [-0.39, 0.29) is 6.04 Å². The highest BCUT2D eigenvalue weighted by molar-refractivity contribution is 7.99. The Morgan fingerprint density at radius 2 is 2.05 bits per heavy atom. The van der Waals surface area contributed by atoms with Crippen molar-refractivity contribution >= 4 is 35.0 Å². The van der Waals surface area contributed by atoms with Gasteiger partial charge in [0.2, 0.25) is 0 Å². The van der Waals surface area contributed by atoms with Crippen LogP contribution in [0.15, 0.2) is 36.7 Å². The fraction of sp³-hybridized carbons (Fsp3) is 0.375. The predicted molar refractivity (Wildman–Crippen MR) is 95.1 cm³/mol. The summed E-state index contributed by atoms with van der Waals surface area (Å²) < 4.78 is 0. The molecule has 3 rings (SSSR count). The van der Waals surface area contributed by atoms with Crippen LogP contribution in [0.2, 0.25) is 5.02 Å². The van der Waals surface area contributed by atoms with Gasteiger partial charge in [-0.05, 0) is 24.6 Å². The van der Waals surface area contributed by atoms with Crippen molar-refractivity contribution in [1.82, 2.24) is 9.97 Å². The van der Waals surface area contributed by atoms with Crippen molar-refractivity contribution in [2.75, 3.05) is 34.8 Å². The zero-order chi connectivity index (χ0) is 15.4. The minimum atomic E-state index is 0.137. The first-order valence-corrected chi connectivity index (χ1v) is 8.92. The third-order valence-corrected chi connectivity index (χ3v) is 4.88. The molecule has 1 aliphatic rings. The molecule has 2 heterocycles. The number of rotatable bonds is 4. The average Bonchev–Trinajstić information content (AvgIpc) is 2.56. The van der Waals surface area contributed by atoms with Crippen LogP contribution in [0.5, 0.6) is 0 Å². The molecule has 0 unspecified atom stereocenters. The van der Waals surface area contributed by atoms with Crippen LogP contribution >= 0.6 is 23.4 Å². The summed E-state index contributed by atoms with van der Waals surface area (Å²) in [6, 6.07) is 10.0. The molecule has 1 N–H and O–H groups in total. The molecule has 0 amide bonds. The highest BCUT2D eigenvalue weighted by atomic mass is 35.5. The summed E-state index contributed by atoms with van der Waals surface area (Å²) in [6.45, 7) is 4.20. The summed E-state index contributed by atoms with van der Waals surface area (Å²) in [5.41, 5.74) is 1.14. The molecule has 116 valence electrons. The van der Waals surface area contributed by atoms with Crippen molar-refractivity contribution in [3.63, 3.8) is 0 Å². The van der Waals surface area contributed by atoms with Gasteiger partial charge in [-0.1, -0.05) is 23.7 Å². The normalized spacial score (nSPS) is 16.4. The van der Waals surface area contributed by atoms with E-state index < -0.39 is 0 Å². The topological polar surface area (TPSA) is 41.0 Å². The van der Waals surface area contributed by atoms with Gasteiger partial charge >= 0.3 is 0 Å². The zero-order valence-corrected chi connectivity index (χ0v) is 14.1. The van der Waals surface area contributed by atoms with Gasteiger partial charge in [0.25, 0.3) is 0 Å². The lowest BCUT2D eigenvalue weighted by molar-refractivity contribution is 0.829. The molecule has 0 radical (unpaired) electrons. The van der Waals surface area contributed by atoms with Crippen LogP contribution < -0.4 is 10.2 Å². The summed E-state index contributed by atoms with van der Waals surface area (Å²) >= 11 is 8.05. The molecular weight excluding hydrogens is 316 g/mol. The standard InChI is InChI=1S/C16H19ClN4S/c1-12(13-3-2-4-14(17)9-13)20-15-10-16(19-11-18-15)21-5-7-22-8-6-21/h2-4,9-12H,5-8H2,1H3,(H,18,19,20)/t12-/m1/s1. The van der Waals surface area contributed by atoms with Gasteiger partial charge in [0.05, 0.1) is 0 Å². The molecule has 1 aromatic carbocycles. The lowest BCUT2D eigenvalue weighted by Crippen LogP contribution is -2.33. The zero-order valence-electron chi connectivity index (χ0n) is 12.5.